The highest BCUT2D eigenvalue weighted by Gasteiger charge is 2.42. The van der Waals surface area contributed by atoms with Gasteiger partial charge >= 0.3 is 0 Å². The molecule has 8 nitrogen and oxygen atoms in total. The fourth-order valence-electron chi connectivity index (χ4n) is 4.13. The molecule has 0 bridgehead atoms. The molecule has 0 radical (unpaired) electrons. The summed E-state index contributed by atoms with van der Waals surface area (Å²) in [6, 6.07) is 18.5. The number of nitro benzene ring substituents is 1. The molecule has 1 heterocycles. The van der Waals surface area contributed by atoms with E-state index in [2.05, 4.69) is 19.2 Å². The number of nitro groups is 1. The third-order valence-corrected chi connectivity index (χ3v) is 6.38. The number of amides is 3. The van der Waals surface area contributed by atoms with Crippen LogP contribution in [0.4, 0.5) is 11.4 Å². The molecule has 1 aliphatic heterocycles. The molecule has 35 heavy (non-hydrogen) atoms. The number of non-ortho nitro benzene ring substituents is 1. The summed E-state index contributed by atoms with van der Waals surface area (Å²) in [7, 11) is 0. The Morgan fingerprint density at radius 2 is 1.51 bits per heavy atom. The molecule has 178 valence electrons. The molecular weight excluding hydrogens is 446 g/mol. The first-order chi connectivity index (χ1) is 16.8. The van der Waals surface area contributed by atoms with Crippen molar-refractivity contribution in [3.8, 4) is 0 Å². The molecule has 0 saturated carbocycles. The quantitative estimate of drug-likeness (QED) is 0.284. The number of nitrogens with one attached hydrogen (secondary N) is 1. The number of nitrogens with zero attached hydrogens (tertiary/aromatic N) is 2. The van der Waals surface area contributed by atoms with Crippen LogP contribution in [0.5, 0.6) is 0 Å². The van der Waals surface area contributed by atoms with Gasteiger partial charge in [-0.05, 0) is 47.7 Å². The van der Waals surface area contributed by atoms with Gasteiger partial charge in [0, 0.05) is 24.2 Å². The maximum Gasteiger partial charge on any atom is 0.269 e. The zero-order valence-corrected chi connectivity index (χ0v) is 19.4. The molecule has 2 atom stereocenters. The van der Waals surface area contributed by atoms with E-state index in [1.807, 2.05) is 12.1 Å². The minimum atomic E-state index is -1.14. The van der Waals surface area contributed by atoms with Crippen molar-refractivity contribution in [2.24, 2.45) is 0 Å². The van der Waals surface area contributed by atoms with Crippen LogP contribution in [0.3, 0.4) is 0 Å². The van der Waals surface area contributed by atoms with E-state index in [4.69, 9.17) is 0 Å². The molecular formula is C27H25N3O5. The van der Waals surface area contributed by atoms with Crippen LogP contribution in [0.15, 0.2) is 72.8 Å². The summed E-state index contributed by atoms with van der Waals surface area (Å²) in [5.41, 5.74) is 2.69. The van der Waals surface area contributed by atoms with Gasteiger partial charge in [-0.25, -0.2) is 0 Å². The molecule has 0 fully saturated rings. The lowest BCUT2D eigenvalue weighted by molar-refractivity contribution is -0.384. The highest BCUT2D eigenvalue weighted by atomic mass is 16.6. The fraction of sp³-hybridized carbons (Fsp3) is 0.222. The zero-order valence-electron chi connectivity index (χ0n) is 19.4. The van der Waals surface area contributed by atoms with Gasteiger partial charge in [0.15, 0.2) is 0 Å². The SMILES string of the molecule is CC[C@@H](C)c1ccc(NC(=O)[C@H](Cc2ccc([N+](=O)[O-])cc2)N2C(=O)c3ccccc3C2=O)cc1. The standard InChI is InChI=1S/C27H25N3O5/c1-3-17(2)19-10-12-20(13-11-19)28-25(31)24(16-18-8-14-21(15-9-18)30(34)35)29-26(32)22-6-4-5-7-23(22)27(29)33/h4-15,17,24H,3,16H2,1-2H3,(H,28,31)/t17-,24+/m1/s1. The van der Waals surface area contributed by atoms with Crippen molar-refractivity contribution in [1.29, 1.82) is 0 Å². The van der Waals surface area contributed by atoms with E-state index in [-0.39, 0.29) is 23.2 Å². The van der Waals surface area contributed by atoms with Crippen LogP contribution in [0.25, 0.3) is 0 Å². The van der Waals surface area contributed by atoms with Crippen LogP contribution in [-0.4, -0.2) is 33.6 Å². The zero-order chi connectivity index (χ0) is 25.1. The molecule has 1 aliphatic rings. The average molecular weight is 472 g/mol. The Morgan fingerprint density at radius 3 is 2.03 bits per heavy atom. The second-order valence-corrected chi connectivity index (χ2v) is 8.59. The lowest BCUT2D eigenvalue weighted by Gasteiger charge is -2.25. The lowest BCUT2D eigenvalue weighted by atomic mass is 9.98. The second kappa shape index (κ2) is 9.89. The number of hydrogen-bond donors (Lipinski definition) is 1. The maximum absolute atomic E-state index is 13.4. The van der Waals surface area contributed by atoms with Crippen LogP contribution in [0, 0.1) is 10.1 Å². The average Bonchev–Trinajstić information content (AvgIpc) is 3.12. The molecule has 8 heteroatoms. The summed E-state index contributed by atoms with van der Waals surface area (Å²) in [5, 5.41) is 13.8. The van der Waals surface area contributed by atoms with Gasteiger partial charge in [-0.15, -0.1) is 0 Å². The molecule has 1 N–H and O–H groups in total. The van der Waals surface area contributed by atoms with Crippen molar-refractivity contribution in [3.05, 3.63) is 105 Å². The monoisotopic (exact) mass is 471 g/mol. The summed E-state index contributed by atoms with van der Waals surface area (Å²) in [6.07, 6.45) is 1.00. The molecule has 0 spiro atoms. The second-order valence-electron chi connectivity index (χ2n) is 8.59. The highest BCUT2D eigenvalue weighted by molar-refractivity contribution is 6.23. The van der Waals surface area contributed by atoms with Crippen LogP contribution in [-0.2, 0) is 11.2 Å². The maximum atomic E-state index is 13.4. The van der Waals surface area contributed by atoms with Crippen LogP contribution >= 0.6 is 0 Å². The smallest absolute Gasteiger partial charge is 0.269 e. The first kappa shape index (κ1) is 23.8. The molecule has 4 rings (SSSR count). The molecule has 3 aromatic carbocycles. The van der Waals surface area contributed by atoms with Crippen molar-refractivity contribution < 1.29 is 19.3 Å². The van der Waals surface area contributed by atoms with Gasteiger partial charge in [-0.3, -0.25) is 29.4 Å². The molecule has 3 aromatic rings. The van der Waals surface area contributed by atoms with Crippen molar-refractivity contribution in [2.75, 3.05) is 5.32 Å². The molecule has 0 saturated heterocycles. The van der Waals surface area contributed by atoms with Crippen molar-refractivity contribution in [1.82, 2.24) is 4.90 Å². The van der Waals surface area contributed by atoms with Crippen molar-refractivity contribution in [3.63, 3.8) is 0 Å². The van der Waals surface area contributed by atoms with Gasteiger partial charge in [0.25, 0.3) is 17.5 Å². The molecule has 0 unspecified atom stereocenters. The number of imide groups is 1. The van der Waals surface area contributed by atoms with Crippen molar-refractivity contribution >= 4 is 29.1 Å². The van der Waals surface area contributed by atoms with E-state index in [1.54, 1.807) is 36.4 Å². The van der Waals surface area contributed by atoms with E-state index in [9.17, 15) is 24.5 Å². The summed E-state index contributed by atoms with van der Waals surface area (Å²) < 4.78 is 0. The Balaban J connectivity index is 1.63. The van der Waals surface area contributed by atoms with Gasteiger partial charge in [-0.2, -0.15) is 0 Å². The highest BCUT2D eigenvalue weighted by Crippen LogP contribution is 2.27. The fourth-order valence-corrected chi connectivity index (χ4v) is 4.13. The predicted octanol–water partition coefficient (Wildman–Crippen LogP) is 4.95. The van der Waals surface area contributed by atoms with Gasteiger partial charge in [-0.1, -0.05) is 50.2 Å². The Bertz CT molecular complexity index is 1250. The molecule has 0 aromatic heterocycles. The van der Waals surface area contributed by atoms with E-state index in [0.717, 1.165) is 16.9 Å². The minimum Gasteiger partial charge on any atom is -0.324 e. The van der Waals surface area contributed by atoms with Gasteiger partial charge in [0.2, 0.25) is 5.91 Å². The lowest BCUT2D eigenvalue weighted by Crippen LogP contribution is -2.48. The van der Waals surface area contributed by atoms with E-state index < -0.39 is 28.7 Å². The summed E-state index contributed by atoms with van der Waals surface area (Å²) in [6.45, 7) is 4.22. The number of rotatable bonds is 8. The number of anilines is 1. The molecule has 0 aliphatic carbocycles. The van der Waals surface area contributed by atoms with E-state index in [1.165, 1.54) is 24.3 Å². The van der Waals surface area contributed by atoms with Crippen LogP contribution < -0.4 is 5.32 Å². The topological polar surface area (TPSA) is 110 Å². The van der Waals surface area contributed by atoms with E-state index in [0.29, 0.717) is 17.2 Å². The minimum absolute atomic E-state index is 0.0141. The Hall–Kier alpha value is -4.33. The number of fused-ring (bicyclic) bond motifs is 1. The van der Waals surface area contributed by atoms with Crippen LogP contribution in [0.1, 0.15) is 58.0 Å². The van der Waals surface area contributed by atoms with Gasteiger partial charge < -0.3 is 5.32 Å². The Kier molecular flexibility index (Phi) is 6.73. The normalized spacial score (nSPS) is 14.4. The number of hydrogen-bond acceptors (Lipinski definition) is 5. The Morgan fingerprint density at radius 1 is 0.943 bits per heavy atom. The summed E-state index contributed by atoms with van der Waals surface area (Å²) >= 11 is 0. The van der Waals surface area contributed by atoms with Crippen molar-refractivity contribution in [2.45, 2.75) is 38.6 Å². The number of carbonyl (C=O) groups is 3. The number of carbonyl (C=O) groups excluding carboxylic acids is 3. The van der Waals surface area contributed by atoms with Crippen LogP contribution in [0.2, 0.25) is 0 Å². The third kappa shape index (κ3) is 4.82. The summed E-state index contributed by atoms with van der Waals surface area (Å²) in [4.78, 5) is 51.2. The van der Waals surface area contributed by atoms with Gasteiger partial charge in [0.1, 0.15) is 6.04 Å². The number of benzene rings is 3. The largest absolute Gasteiger partial charge is 0.324 e. The summed E-state index contributed by atoms with van der Waals surface area (Å²) in [5.74, 6) is -1.22. The van der Waals surface area contributed by atoms with Gasteiger partial charge in [0.05, 0.1) is 16.1 Å². The predicted molar refractivity (Wildman–Crippen MR) is 131 cm³/mol. The Labute approximate surface area is 202 Å². The third-order valence-electron chi connectivity index (χ3n) is 6.38. The van der Waals surface area contributed by atoms with E-state index >= 15 is 0 Å². The first-order valence-corrected chi connectivity index (χ1v) is 11.4. The molecule has 3 amide bonds. The first-order valence-electron chi connectivity index (χ1n) is 11.4.